The number of anilines is 1. The first-order valence-corrected chi connectivity index (χ1v) is 6.76. The van der Waals surface area contributed by atoms with Crippen LogP contribution in [0.4, 0.5) is 10.5 Å². The Labute approximate surface area is 106 Å². The molecule has 0 fully saturated rings. The van der Waals surface area contributed by atoms with Crippen molar-refractivity contribution >= 4 is 21.8 Å². The summed E-state index contributed by atoms with van der Waals surface area (Å²) in [4.78, 5) is 11.4. The molecule has 1 amide bonds. The highest BCUT2D eigenvalue weighted by Crippen LogP contribution is 2.20. The number of carbonyl (C=O) groups is 1. The van der Waals surface area contributed by atoms with Gasteiger partial charge in [-0.2, -0.15) is 0 Å². The standard InChI is InChI=1S/C11H16N2O4S/c1-11(2,3)17-10(14)13-8-6-4-5-7-9(8)18(12,15)16/h4-7H,1-3H3,(H,13,14)(H2,12,15,16). The Morgan fingerprint density at radius 1 is 1.28 bits per heavy atom. The first-order valence-electron chi connectivity index (χ1n) is 5.21. The zero-order chi connectivity index (χ0) is 14.0. The molecule has 1 aromatic rings. The first-order chi connectivity index (χ1) is 8.09. The maximum atomic E-state index is 11.5. The minimum absolute atomic E-state index is 0.0919. The molecule has 0 heterocycles. The summed E-state index contributed by atoms with van der Waals surface area (Å²) in [6.07, 6.45) is -0.737. The van der Waals surface area contributed by atoms with Crippen LogP contribution in [0, 0.1) is 0 Å². The molecule has 1 rings (SSSR count). The molecular formula is C11H16N2O4S. The normalized spacial score (nSPS) is 12.0. The Kier molecular flexibility index (Phi) is 3.98. The van der Waals surface area contributed by atoms with Gasteiger partial charge in [-0.05, 0) is 32.9 Å². The monoisotopic (exact) mass is 272 g/mol. The second-order valence-electron chi connectivity index (χ2n) is 4.67. The highest BCUT2D eigenvalue weighted by Gasteiger charge is 2.19. The Hall–Kier alpha value is -1.60. The fraction of sp³-hybridized carbons (Fsp3) is 0.364. The summed E-state index contributed by atoms with van der Waals surface area (Å²) in [5, 5.41) is 7.39. The predicted molar refractivity (Wildman–Crippen MR) is 67.7 cm³/mol. The molecule has 7 heteroatoms. The number of para-hydroxylation sites is 1. The predicted octanol–water partition coefficient (Wildman–Crippen LogP) is 1.68. The third-order valence-corrected chi connectivity index (χ3v) is 2.80. The van der Waals surface area contributed by atoms with Gasteiger partial charge < -0.3 is 4.74 Å². The summed E-state index contributed by atoms with van der Waals surface area (Å²) in [6.45, 7) is 5.12. The van der Waals surface area contributed by atoms with Gasteiger partial charge in [0.25, 0.3) is 0 Å². The third kappa shape index (κ3) is 4.34. The molecule has 0 saturated heterocycles. The van der Waals surface area contributed by atoms with Gasteiger partial charge in [-0.1, -0.05) is 12.1 Å². The summed E-state index contributed by atoms with van der Waals surface area (Å²) in [7, 11) is -3.89. The van der Waals surface area contributed by atoms with Crippen molar-refractivity contribution in [3.05, 3.63) is 24.3 Å². The summed E-state index contributed by atoms with van der Waals surface area (Å²) < 4.78 is 27.6. The molecule has 1 aromatic carbocycles. The number of primary sulfonamides is 1. The Balaban J connectivity index is 2.96. The molecule has 0 aliphatic rings. The molecule has 0 spiro atoms. The molecule has 0 aliphatic carbocycles. The largest absolute Gasteiger partial charge is 0.444 e. The molecule has 0 radical (unpaired) electrons. The van der Waals surface area contributed by atoms with Gasteiger partial charge in [-0.25, -0.2) is 18.4 Å². The van der Waals surface area contributed by atoms with Crippen molar-refractivity contribution in [3.8, 4) is 0 Å². The highest BCUT2D eigenvalue weighted by molar-refractivity contribution is 7.89. The average molecular weight is 272 g/mol. The van der Waals surface area contributed by atoms with Crippen LogP contribution in [0.1, 0.15) is 20.8 Å². The molecule has 100 valence electrons. The lowest BCUT2D eigenvalue weighted by atomic mass is 10.2. The molecule has 3 N–H and O–H groups in total. The van der Waals surface area contributed by atoms with Crippen molar-refractivity contribution in [2.75, 3.05) is 5.32 Å². The fourth-order valence-electron chi connectivity index (χ4n) is 1.23. The number of rotatable bonds is 2. The summed E-state index contributed by atoms with van der Waals surface area (Å²) >= 11 is 0. The summed E-state index contributed by atoms with van der Waals surface area (Å²) in [5.74, 6) is 0. The summed E-state index contributed by atoms with van der Waals surface area (Å²) in [5.41, 5.74) is -0.574. The van der Waals surface area contributed by atoms with Crippen LogP contribution in [0.25, 0.3) is 0 Å². The van der Waals surface area contributed by atoms with E-state index in [1.54, 1.807) is 26.8 Å². The maximum Gasteiger partial charge on any atom is 0.412 e. The number of sulfonamides is 1. The van der Waals surface area contributed by atoms with E-state index in [9.17, 15) is 13.2 Å². The zero-order valence-electron chi connectivity index (χ0n) is 10.4. The lowest BCUT2D eigenvalue weighted by Crippen LogP contribution is -2.28. The van der Waals surface area contributed by atoms with Gasteiger partial charge in [0.2, 0.25) is 10.0 Å². The van der Waals surface area contributed by atoms with Crippen molar-refractivity contribution in [2.45, 2.75) is 31.3 Å². The SMILES string of the molecule is CC(C)(C)OC(=O)Nc1ccccc1S(N)(=O)=O. The minimum atomic E-state index is -3.89. The van der Waals surface area contributed by atoms with Gasteiger partial charge in [-0.3, -0.25) is 5.32 Å². The van der Waals surface area contributed by atoms with Crippen LogP contribution in [-0.2, 0) is 14.8 Å². The van der Waals surface area contributed by atoms with Gasteiger partial charge in [0, 0.05) is 0 Å². The minimum Gasteiger partial charge on any atom is -0.444 e. The van der Waals surface area contributed by atoms with E-state index in [1.807, 2.05) is 0 Å². The number of benzene rings is 1. The van der Waals surface area contributed by atoms with E-state index in [1.165, 1.54) is 18.2 Å². The second kappa shape index (κ2) is 4.95. The number of ether oxygens (including phenoxy) is 1. The van der Waals surface area contributed by atoms with Crippen molar-refractivity contribution in [1.29, 1.82) is 0 Å². The van der Waals surface area contributed by atoms with Crippen molar-refractivity contribution in [2.24, 2.45) is 5.14 Å². The lowest BCUT2D eigenvalue weighted by Gasteiger charge is -2.20. The van der Waals surface area contributed by atoms with Crippen molar-refractivity contribution in [1.82, 2.24) is 0 Å². The quantitative estimate of drug-likeness (QED) is 0.855. The van der Waals surface area contributed by atoms with Gasteiger partial charge in [0.1, 0.15) is 10.5 Å². The number of amides is 1. The average Bonchev–Trinajstić information content (AvgIpc) is 2.13. The van der Waals surface area contributed by atoms with E-state index < -0.39 is 21.7 Å². The number of hydrogen-bond acceptors (Lipinski definition) is 4. The number of carbonyl (C=O) groups excluding carboxylic acids is 1. The molecule has 0 bridgehead atoms. The van der Waals surface area contributed by atoms with Crippen LogP contribution >= 0.6 is 0 Å². The molecule has 0 aromatic heterocycles. The van der Waals surface area contributed by atoms with Gasteiger partial charge in [0.15, 0.2) is 0 Å². The van der Waals surface area contributed by atoms with Gasteiger partial charge >= 0.3 is 6.09 Å². The van der Waals surface area contributed by atoms with Crippen LogP contribution < -0.4 is 10.5 Å². The molecule has 0 unspecified atom stereocenters. The van der Waals surface area contributed by atoms with Crippen LogP contribution in [0.2, 0.25) is 0 Å². The molecule has 0 aliphatic heterocycles. The van der Waals surface area contributed by atoms with Crippen LogP contribution in [-0.4, -0.2) is 20.1 Å². The maximum absolute atomic E-state index is 11.5. The van der Waals surface area contributed by atoms with Crippen molar-refractivity contribution < 1.29 is 17.9 Å². The summed E-state index contributed by atoms with van der Waals surface area (Å²) in [6, 6.07) is 5.84. The molecular weight excluding hydrogens is 256 g/mol. The van der Waals surface area contributed by atoms with E-state index in [4.69, 9.17) is 9.88 Å². The highest BCUT2D eigenvalue weighted by atomic mass is 32.2. The van der Waals surface area contributed by atoms with E-state index >= 15 is 0 Å². The number of nitrogens with two attached hydrogens (primary N) is 1. The molecule has 18 heavy (non-hydrogen) atoms. The van der Waals surface area contributed by atoms with Crippen molar-refractivity contribution in [3.63, 3.8) is 0 Å². The van der Waals surface area contributed by atoms with Crippen LogP contribution in [0.15, 0.2) is 29.2 Å². The lowest BCUT2D eigenvalue weighted by molar-refractivity contribution is 0.0635. The second-order valence-corrected chi connectivity index (χ2v) is 6.20. The third-order valence-electron chi connectivity index (χ3n) is 1.83. The Bertz CT molecular complexity index is 546. The van der Waals surface area contributed by atoms with Gasteiger partial charge in [0.05, 0.1) is 5.69 Å². The zero-order valence-corrected chi connectivity index (χ0v) is 11.2. The molecule has 6 nitrogen and oxygen atoms in total. The topological polar surface area (TPSA) is 98.5 Å². The van der Waals surface area contributed by atoms with E-state index in [-0.39, 0.29) is 10.6 Å². The Morgan fingerprint density at radius 3 is 2.33 bits per heavy atom. The molecule has 0 atom stereocenters. The first kappa shape index (κ1) is 14.5. The Morgan fingerprint density at radius 2 is 1.83 bits per heavy atom. The van der Waals surface area contributed by atoms with E-state index in [0.29, 0.717) is 0 Å². The number of hydrogen-bond donors (Lipinski definition) is 2. The fourth-order valence-corrected chi connectivity index (χ4v) is 1.93. The molecule has 0 saturated carbocycles. The van der Waals surface area contributed by atoms with E-state index in [0.717, 1.165) is 0 Å². The smallest absolute Gasteiger partial charge is 0.412 e. The van der Waals surface area contributed by atoms with Gasteiger partial charge in [-0.15, -0.1) is 0 Å². The van der Waals surface area contributed by atoms with Crippen LogP contribution in [0.3, 0.4) is 0 Å². The number of nitrogens with one attached hydrogen (secondary N) is 1. The van der Waals surface area contributed by atoms with Crippen LogP contribution in [0.5, 0.6) is 0 Å². The van der Waals surface area contributed by atoms with E-state index in [2.05, 4.69) is 5.32 Å².